The van der Waals surface area contributed by atoms with E-state index >= 15 is 4.79 Å². The number of β-lactam (4-membered cyclic amide) rings is 1. The van der Waals surface area contributed by atoms with E-state index in [9.17, 15) is 19.5 Å². The fourth-order valence-corrected chi connectivity index (χ4v) is 13.5. The third kappa shape index (κ3) is 7.53. The van der Waals surface area contributed by atoms with Crippen LogP contribution in [0.15, 0.2) is 102 Å². The molecule has 7 rings (SSSR count). The van der Waals surface area contributed by atoms with Gasteiger partial charge in [-0.2, -0.15) is 0 Å². The molecule has 3 amide bonds. The number of anilines is 2. The van der Waals surface area contributed by atoms with Crippen molar-refractivity contribution in [3.63, 3.8) is 0 Å². The second kappa shape index (κ2) is 16.2. The lowest BCUT2D eigenvalue weighted by Crippen LogP contribution is -2.54. The average molecular weight is 855 g/mol. The molecule has 2 saturated heterocycles. The number of rotatable bonds is 13. The van der Waals surface area contributed by atoms with Gasteiger partial charge in [-0.3, -0.25) is 24.1 Å². The van der Waals surface area contributed by atoms with Crippen molar-refractivity contribution in [1.82, 2.24) is 4.90 Å². The molecule has 0 bridgehead atoms. The number of ether oxygens (including phenoxy) is 3. The molecule has 4 aromatic rings. The summed E-state index contributed by atoms with van der Waals surface area (Å²) in [4.78, 5) is 59.0. The SMILES string of the molecule is COc1ccc([Si](C)(C)[C@H]2[C@H](CC(=O)N(CCO)Cc3ccccc3)O[C@@]3(C(=O)N(Cc4cccc(N5C(=O)CC5OC(C)=O)c4)c4ccc(Br)cc43)[C@@H]2C)cc1. The van der Waals surface area contributed by atoms with Gasteiger partial charge in [-0.15, -0.1) is 0 Å². The number of hydrogen-bond acceptors (Lipinski definition) is 8. The van der Waals surface area contributed by atoms with E-state index in [1.54, 1.807) is 23.0 Å². The Bertz CT molecular complexity index is 2170. The van der Waals surface area contributed by atoms with Crippen LogP contribution in [0.3, 0.4) is 0 Å². The van der Waals surface area contributed by atoms with Crippen molar-refractivity contribution >= 4 is 64.3 Å². The van der Waals surface area contributed by atoms with Gasteiger partial charge in [0.15, 0.2) is 11.8 Å². The number of halogens is 1. The third-order valence-corrected chi connectivity index (χ3v) is 16.7. The molecular formula is C44H48BrN3O8Si. The molecule has 3 heterocycles. The number of amides is 3. The summed E-state index contributed by atoms with van der Waals surface area (Å²) in [5, 5.41) is 11.2. The number of nitrogens with zero attached hydrogens (tertiary/aromatic N) is 3. The second-order valence-electron chi connectivity index (χ2n) is 15.6. The normalized spacial score (nSPS) is 22.7. The maximum atomic E-state index is 15.4. The summed E-state index contributed by atoms with van der Waals surface area (Å²) in [5.74, 6) is -0.610. The maximum absolute atomic E-state index is 15.4. The number of aliphatic hydroxyl groups is 1. The minimum Gasteiger partial charge on any atom is -0.497 e. The van der Waals surface area contributed by atoms with Gasteiger partial charge in [0.1, 0.15) is 5.75 Å². The van der Waals surface area contributed by atoms with Gasteiger partial charge < -0.3 is 29.1 Å². The number of methoxy groups -OCH3 is 1. The smallest absolute Gasteiger partial charge is 0.304 e. The van der Waals surface area contributed by atoms with E-state index in [0.717, 1.165) is 32.1 Å². The Morgan fingerprint density at radius 3 is 2.37 bits per heavy atom. The Labute approximate surface area is 342 Å². The minimum absolute atomic E-state index is 0.0300. The lowest BCUT2D eigenvalue weighted by Gasteiger charge is -2.39. The lowest BCUT2D eigenvalue weighted by atomic mass is 9.82. The topological polar surface area (TPSA) is 126 Å². The Morgan fingerprint density at radius 2 is 1.70 bits per heavy atom. The summed E-state index contributed by atoms with van der Waals surface area (Å²) in [5.41, 5.74) is 2.15. The molecule has 57 heavy (non-hydrogen) atoms. The summed E-state index contributed by atoms with van der Waals surface area (Å²) >= 11 is 3.67. The first-order valence-corrected chi connectivity index (χ1v) is 23.1. The fourth-order valence-electron chi connectivity index (χ4n) is 9.13. The van der Waals surface area contributed by atoms with Crippen molar-refractivity contribution in [3.8, 4) is 5.75 Å². The number of carbonyl (C=O) groups is 4. The fraction of sp³-hybridized carbons (Fsp3) is 0.364. The van der Waals surface area contributed by atoms with Gasteiger partial charge in [0, 0.05) is 41.7 Å². The highest BCUT2D eigenvalue weighted by atomic mass is 79.9. The van der Waals surface area contributed by atoms with Crippen LogP contribution in [-0.2, 0) is 47.3 Å². The number of esters is 1. The van der Waals surface area contributed by atoms with Gasteiger partial charge in [0.05, 0.1) is 53.0 Å². The number of hydrogen-bond donors (Lipinski definition) is 1. The lowest BCUT2D eigenvalue weighted by molar-refractivity contribution is -0.154. The van der Waals surface area contributed by atoms with Crippen LogP contribution in [0.5, 0.6) is 5.75 Å². The summed E-state index contributed by atoms with van der Waals surface area (Å²) in [6, 6.07) is 30.9. The zero-order valence-corrected chi connectivity index (χ0v) is 35.4. The van der Waals surface area contributed by atoms with Crippen LogP contribution in [0, 0.1) is 5.92 Å². The molecule has 5 atom stereocenters. The predicted molar refractivity (Wildman–Crippen MR) is 223 cm³/mol. The standard InChI is InChI=1S/C44H48BrN3O8Si/c1-28-42(57(4,5)35-17-15-34(54-3)16-18-35)38(24-39(51)46(20-21-49)26-30-10-7-6-8-11-30)56-44(28)36-23-32(45)14-19-37(36)47(43(44)53)27-31-12-9-13-33(22-31)48-40(52)25-41(48)55-29(2)50/h6-19,22-23,28,38,41-42,49H,20-21,24-27H2,1-5H3/t28-,38+,41?,42-,44+/m1/s1. The van der Waals surface area contributed by atoms with Crippen molar-refractivity contribution in [3.05, 3.63) is 118 Å². The van der Waals surface area contributed by atoms with Crippen LogP contribution < -0.4 is 19.7 Å². The third-order valence-electron chi connectivity index (χ3n) is 11.8. The first-order valence-electron chi connectivity index (χ1n) is 19.2. The monoisotopic (exact) mass is 853 g/mol. The molecule has 1 unspecified atom stereocenters. The first-order chi connectivity index (χ1) is 27.3. The summed E-state index contributed by atoms with van der Waals surface area (Å²) in [7, 11) is -0.920. The number of carbonyl (C=O) groups excluding carboxylic acids is 4. The molecule has 13 heteroatoms. The largest absolute Gasteiger partial charge is 0.497 e. The molecule has 4 aromatic carbocycles. The van der Waals surface area contributed by atoms with Crippen LogP contribution >= 0.6 is 15.9 Å². The van der Waals surface area contributed by atoms with E-state index in [4.69, 9.17) is 14.2 Å². The van der Waals surface area contributed by atoms with Crippen molar-refractivity contribution in [2.24, 2.45) is 5.92 Å². The molecule has 1 spiro atoms. The van der Waals surface area contributed by atoms with E-state index in [2.05, 4.69) is 48.1 Å². The highest BCUT2D eigenvalue weighted by molar-refractivity contribution is 9.10. The van der Waals surface area contributed by atoms with E-state index in [0.29, 0.717) is 17.9 Å². The Balaban J connectivity index is 1.26. The van der Waals surface area contributed by atoms with E-state index < -0.39 is 32.0 Å². The second-order valence-corrected chi connectivity index (χ2v) is 21.2. The number of aliphatic hydroxyl groups excluding tert-OH is 1. The van der Waals surface area contributed by atoms with Gasteiger partial charge in [-0.05, 0) is 59.1 Å². The van der Waals surface area contributed by atoms with E-state index in [1.165, 1.54) is 11.8 Å². The maximum Gasteiger partial charge on any atom is 0.304 e. The molecule has 2 fully saturated rings. The van der Waals surface area contributed by atoms with Crippen LogP contribution in [0.1, 0.15) is 43.4 Å². The van der Waals surface area contributed by atoms with E-state index in [-0.39, 0.29) is 61.7 Å². The minimum atomic E-state index is -2.56. The average Bonchev–Trinajstić information content (AvgIpc) is 3.60. The molecule has 0 aliphatic carbocycles. The van der Waals surface area contributed by atoms with Gasteiger partial charge in [-0.1, -0.05) is 95.7 Å². The summed E-state index contributed by atoms with van der Waals surface area (Å²) in [6.45, 7) is 8.45. The van der Waals surface area contributed by atoms with Gasteiger partial charge >= 0.3 is 5.97 Å². The number of benzene rings is 4. The molecule has 1 N–H and O–H groups in total. The quantitative estimate of drug-likeness (QED) is 0.0951. The van der Waals surface area contributed by atoms with Crippen LogP contribution in [0.2, 0.25) is 18.6 Å². The molecule has 11 nitrogen and oxygen atoms in total. The van der Waals surface area contributed by atoms with Crippen LogP contribution in [0.4, 0.5) is 11.4 Å². The zero-order valence-electron chi connectivity index (χ0n) is 32.8. The van der Waals surface area contributed by atoms with Gasteiger partial charge in [0.2, 0.25) is 11.8 Å². The van der Waals surface area contributed by atoms with Crippen molar-refractivity contribution in [2.45, 2.75) is 76.3 Å². The molecule has 298 valence electrons. The summed E-state index contributed by atoms with van der Waals surface area (Å²) in [6.07, 6.45) is -1.16. The van der Waals surface area contributed by atoms with Crippen LogP contribution in [0.25, 0.3) is 0 Å². The molecular weight excluding hydrogens is 806 g/mol. The van der Waals surface area contributed by atoms with Crippen molar-refractivity contribution in [1.29, 1.82) is 0 Å². The van der Waals surface area contributed by atoms with Gasteiger partial charge in [-0.25, -0.2) is 0 Å². The molecule has 3 aliphatic heterocycles. The van der Waals surface area contributed by atoms with Crippen LogP contribution in [-0.4, -0.2) is 74.4 Å². The van der Waals surface area contributed by atoms with Crippen molar-refractivity contribution < 1.29 is 38.5 Å². The van der Waals surface area contributed by atoms with E-state index in [1.807, 2.05) is 78.9 Å². The molecule has 0 saturated carbocycles. The molecule has 0 aromatic heterocycles. The van der Waals surface area contributed by atoms with Crippen molar-refractivity contribution in [2.75, 3.05) is 30.1 Å². The number of fused-ring (bicyclic) bond motifs is 2. The Kier molecular flexibility index (Phi) is 11.5. The zero-order chi connectivity index (χ0) is 40.6. The highest BCUT2D eigenvalue weighted by Crippen LogP contribution is 2.60. The highest BCUT2D eigenvalue weighted by Gasteiger charge is 2.66. The summed E-state index contributed by atoms with van der Waals surface area (Å²) < 4.78 is 18.9. The Morgan fingerprint density at radius 1 is 0.982 bits per heavy atom. The first kappa shape index (κ1) is 40.4. The molecule has 0 radical (unpaired) electrons. The predicted octanol–water partition coefficient (Wildman–Crippen LogP) is 6.26. The Hall–Kier alpha value is -4.82. The molecule has 3 aliphatic rings. The van der Waals surface area contributed by atoms with Gasteiger partial charge in [0.25, 0.3) is 5.91 Å².